The largest absolute Gasteiger partial charge is 0.493 e. The van der Waals surface area contributed by atoms with Gasteiger partial charge in [0, 0.05) is 6.54 Å². The number of nitrogens with one attached hydrogen (secondary N) is 1. The molecule has 2 aromatic rings. The molecule has 0 bridgehead atoms. The van der Waals surface area contributed by atoms with E-state index in [1.54, 1.807) is 32.4 Å². The summed E-state index contributed by atoms with van der Waals surface area (Å²) in [5, 5.41) is 0. The van der Waals surface area contributed by atoms with Gasteiger partial charge in [0.2, 0.25) is 10.0 Å². The van der Waals surface area contributed by atoms with Crippen LogP contribution in [-0.2, 0) is 16.4 Å². The van der Waals surface area contributed by atoms with Crippen molar-refractivity contribution in [2.45, 2.75) is 6.42 Å². The molecule has 0 heterocycles. The fourth-order valence-corrected chi connectivity index (χ4v) is 3.11. The quantitative estimate of drug-likeness (QED) is 0.699. The molecule has 2 aromatic carbocycles. The number of benzene rings is 2. The van der Waals surface area contributed by atoms with Gasteiger partial charge in [-0.1, -0.05) is 24.3 Å². The summed E-state index contributed by atoms with van der Waals surface area (Å²) >= 11 is 0. The minimum absolute atomic E-state index is 0.0895. The lowest BCUT2D eigenvalue weighted by atomic mass is 10.1. The van der Waals surface area contributed by atoms with E-state index in [0.717, 1.165) is 5.56 Å². The highest BCUT2D eigenvalue weighted by Gasteiger charge is 2.11. The van der Waals surface area contributed by atoms with Gasteiger partial charge < -0.3 is 14.2 Å². The van der Waals surface area contributed by atoms with E-state index in [9.17, 15) is 8.42 Å². The zero-order valence-electron chi connectivity index (χ0n) is 14.4. The van der Waals surface area contributed by atoms with E-state index in [1.807, 2.05) is 30.3 Å². The first kappa shape index (κ1) is 19.1. The Kier molecular flexibility index (Phi) is 7.09. The summed E-state index contributed by atoms with van der Waals surface area (Å²) in [5.74, 6) is 1.83. The molecule has 0 aliphatic rings. The molecule has 2 rings (SSSR count). The van der Waals surface area contributed by atoms with Crippen molar-refractivity contribution < 1.29 is 22.6 Å². The molecule has 0 spiro atoms. The van der Waals surface area contributed by atoms with E-state index in [-0.39, 0.29) is 12.4 Å². The van der Waals surface area contributed by atoms with Crippen LogP contribution < -0.4 is 18.9 Å². The van der Waals surface area contributed by atoms with Crippen molar-refractivity contribution >= 4 is 10.0 Å². The summed E-state index contributed by atoms with van der Waals surface area (Å²) in [4.78, 5) is 0. The Hall–Kier alpha value is -2.25. The molecule has 6 nitrogen and oxygen atoms in total. The second kappa shape index (κ2) is 9.29. The van der Waals surface area contributed by atoms with E-state index in [1.165, 1.54) is 0 Å². The summed E-state index contributed by atoms with van der Waals surface area (Å²) in [6, 6.07) is 14.7. The Labute approximate surface area is 148 Å². The highest BCUT2D eigenvalue weighted by Crippen LogP contribution is 2.27. The fraction of sp³-hybridized carbons (Fsp3) is 0.333. The Balaban J connectivity index is 1.78. The Morgan fingerprint density at radius 1 is 0.960 bits per heavy atom. The Bertz CT molecular complexity index is 762. The average Bonchev–Trinajstić information content (AvgIpc) is 2.62. The van der Waals surface area contributed by atoms with Crippen LogP contribution in [0.15, 0.2) is 48.5 Å². The van der Waals surface area contributed by atoms with Crippen molar-refractivity contribution in [3.63, 3.8) is 0 Å². The van der Waals surface area contributed by atoms with E-state index in [0.29, 0.717) is 30.2 Å². The van der Waals surface area contributed by atoms with E-state index < -0.39 is 10.0 Å². The maximum atomic E-state index is 12.0. The zero-order chi connectivity index (χ0) is 18.1. The number of rotatable bonds is 10. The number of ether oxygens (including phenoxy) is 3. The molecule has 0 unspecified atom stereocenters. The van der Waals surface area contributed by atoms with Crippen molar-refractivity contribution in [2.75, 3.05) is 33.1 Å². The van der Waals surface area contributed by atoms with Gasteiger partial charge in [-0.2, -0.15) is 0 Å². The van der Waals surface area contributed by atoms with Crippen LogP contribution >= 0.6 is 0 Å². The first-order valence-corrected chi connectivity index (χ1v) is 9.55. The maximum absolute atomic E-state index is 12.0. The molecule has 25 heavy (non-hydrogen) atoms. The molecular formula is C18H23NO5S. The zero-order valence-corrected chi connectivity index (χ0v) is 15.2. The molecule has 7 heteroatoms. The monoisotopic (exact) mass is 365 g/mol. The van der Waals surface area contributed by atoms with Gasteiger partial charge in [0.25, 0.3) is 0 Å². The van der Waals surface area contributed by atoms with Crippen LogP contribution in [0.25, 0.3) is 0 Å². The van der Waals surface area contributed by atoms with Crippen LogP contribution in [0.4, 0.5) is 0 Å². The molecule has 136 valence electrons. The predicted octanol–water partition coefficient (Wildman–Crippen LogP) is 2.24. The highest BCUT2D eigenvalue weighted by atomic mass is 32.2. The molecule has 0 aromatic heterocycles. The fourth-order valence-electron chi connectivity index (χ4n) is 2.25. The smallest absolute Gasteiger partial charge is 0.214 e. The standard InChI is InChI=1S/C18H23NO5S/c1-22-17-9-8-15(14-18(17)23-2)10-11-19-25(20,21)13-12-24-16-6-4-3-5-7-16/h3-9,14,19H,10-13H2,1-2H3. The molecule has 0 amide bonds. The number of sulfonamides is 1. The summed E-state index contributed by atoms with van der Waals surface area (Å²) in [6.07, 6.45) is 0.555. The van der Waals surface area contributed by atoms with Gasteiger partial charge in [-0.3, -0.25) is 0 Å². The van der Waals surface area contributed by atoms with E-state index in [2.05, 4.69) is 4.72 Å². The van der Waals surface area contributed by atoms with Crippen LogP contribution in [0.3, 0.4) is 0 Å². The van der Waals surface area contributed by atoms with Gasteiger partial charge in [-0.05, 0) is 36.2 Å². The molecule has 0 atom stereocenters. The molecule has 0 fully saturated rings. The lowest BCUT2D eigenvalue weighted by Crippen LogP contribution is -2.30. The molecule has 0 radical (unpaired) electrons. The molecule has 0 saturated carbocycles. The third kappa shape index (κ3) is 6.28. The van der Waals surface area contributed by atoms with Crippen molar-refractivity contribution in [3.8, 4) is 17.2 Å². The average molecular weight is 365 g/mol. The minimum Gasteiger partial charge on any atom is -0.493 e. The van der Waals surface area contributed by atoms with Crippen LogP contribution in [0.5, 0.6) is 17.2 Å². The van der Waals surface area contributed by atoms with Gasteiger partial charge in [0.1, 0.15) is 12.4 Å². The van der Waals surface area contributed by atoms with Gasteiger partial charge in [0.05, 0.1) is 20.0 Å². The SMILES string of the molecule is COc1ccc(CCNS(=O)(=O)CCOc2ccccc2)cc1OC. The third-order valence-corrected chi connectivity index (χ3v) is 4.90. The van der Waals surface area contributed by atoms with E-state index in [4.69, 9.17) is 14.2 Å². The predicted molar refractivity (Wildman–Crippen MR) is 97.0 cm³/mol. The summed E-state index contributed by atoms with van der Waals surface area (Å²) in [7, 11) is -0.242. The van der Waals surface area contributed by atoms with Gasteiger partial charge in [-0.25, -0.2) is 13.1 Å². The summed E-state index contributed by atoms with van der Waals surface area (Å²) in [5.41, 5.74) is 0.959. The van der Waals surface area contributed by atoms with E-state index >= 15 is 0 Å². The number of methoxy groups -OCH3 is 2. The number of para-hydroxylation sites is 1. The maximum Gasteiger partial charge on any atom is 0.214 e. The van der Waals surface area contributed by atoms with Crippen molar-refractivity contribution in [3.05, 3.63) is 54.1 Å². The first-order chi connectivity index (χ1) is 12.0. The number of hydrogen-bond donors (Lipinski definition) is 1. The van der Waals surface area contributed by atoms with Gasteiger partial charge >= 0.3 is 0 Å². The van der Waals surface area contributed by atoms with Crippen molar-refractivity contribution in [2.24, 2.45) is 0 Å². The molecule has 0 aliphatic carbocycles. The van der Waals surface area contributed by atoms with Crippen LogP contribution in [0, 0.1) is 0 Å². The van der Waals surface area contributed by atoms with Gasteiger partial charge in [-0.15, -0.1) is 0 Å². The molecular weight excluding hydrogens is 342 g/mol. The van der Waals surface area contributed by atoms with Crippen LogP contribution in [-0.4, -0.2) is 41.5 Å². The lowest BCUT2D eigenvalue weighted by Gasteiger charge is -2.11. The lowest BCUT2D eigenvalue weighted by molar-refractivity contribution is 0.340. The molecule has 0 saturated heterocycles. The summed E-state index contributed by atoms with van der Waals surface area (Å²) in [6.45, 7) is 0.416. The van der Waals surface area contributed by atoms with Crippen molar-refractivity contribution in [1.29, 1.82) is 0 Å². The van der Waals surface area contributed by atoms with Crippen LogP contribution in [0.2, 0.25) is 0 Å². The molecule has 0 aliphatic heterocycles. The second-order valence-corrected chi connectivity index (χ2v) is 7.24. The second-order valence-electron chi connectivity index (χ2n) is 5.31. The third-order valence-electron chi connectivity index (χ3n) is 3.55. The van der Waals surface area contributed by atoms with Crippen molar-refractivity contribution in [1.82, 2.24) is 4.72 Å². The Morgan fingerprint density at radius 3 is 2.36 bits per heavy atom. The minimum atomic E-state index is -3.38. The topological polar surface area (TPSA) is 73.9 Å². The number of hydrogen-bond acceptors (Lipinski definition) is 5. The Morgan fingerprint density at radius 2 is 1.68 bits per heavy atom. The van der Waals surface area contributed by atoms with Crippen LogP contribution in [0.1, 0.15) is 5.56 Å². The van der Waals surface area contributed by atoms with Gasteiger partial charge in [0.15, 0.2) is 11.5 Å². The summed E-state index contributed by atoms with van der Waals surface area (Å²) < 4.78 is 42.4. The normalized spacial score (nSPS) is 11.1. The highest BCUT2D eigenvalue weighted by molar-refractivity contribution is 7.89. The first-order valence-electron chi connectivity index (χ1n) is 7.90. The molecule has 1 N–H and O–H groups in total.